The van der Waals surface area contributed by atoms with E-state index in [2.05, 4.69) is 21.2 Å². The number of halogens is 2. The van der Waals surface area contributed by atoms with Crippen LogP contribution in [0.5, 0.6) is 0 Å². The summed E-state index contributed by atoms with van der Waals surface area (Å²) in [6.45, 7) is 2.84. The predicted octanol–water partition coefficient (Wildman–Crippen LogP) is 3.63. The van der Waals surface area contributed by atoms with Crippen LogP contribution >= 0.6 is 27.5 Å². The van der Waals surface area contributed by atoms with Crippen molar-refractivity contribution in [1.82, 2.24) is 0 Å². The molecule has 1 aliphatic rings. The second-order valence-electron chi connectivity index (χ2n) is 4.55. The fourth-order valence-electron chi connectivity index (χ4n) is 2.17. The molecule has 1 aromatic rings. The third kappa shape index (κ3) is 3.87. The summed E-state index contributed by atoms with van der Waals surface area (Å²) in [4.78, 5) is 12.1. The van der Waals surface area contributed by atoms with Crippen molar-refractivity contribution >= 4 is 39.2 Å². The molecule has 0 saturated carbocycles. The first-order valence-electron chi connectivity index (χ1n) is 6.61. The zero-order valence-corrected chi connectivity index (χ0v) is 13.5. The lowest BCUT2D eigenvalue weighted by Crippen LogP contribution is -2.41. The molecule has 2 unspecified atom stereocenters. The van der Waals surface area contributed by atoms with Crippen LogP contribution in [0.2, 0.25) is 5.02 Å². The normalized spacial score (nSPS) is 19.6. The third-order valence-electron chi connectivity index (χ3n) is 3.12. The minimum atomic E-state index is -0.495. The van der Waals surface area contributed by atoms with Crippen LogP contribution in [0.3, 0.4) is 0 Å². The molecule has 4 nitrogen and oxygen atoms in total. The maximum Gasteiger partial charge on any atom is 0.331 e. The molecule has 20 heavy (non-hydrogen) atoms. The van der Waals surface area contributed by atoms with Gasteiger partial charge in [-0.25, -0.2) is 4.79 Å². The highest BCUT2D eigenvalue weighted by molar-refractivity contribution is 9.10. The molecule has 0 aliphatic carbocycles. The average Bonchev–Trinajstić information content (AvgIpc) is 2.94. The summed E-state index contributed by atoms with van der Waals surface area (Å²) in [5, 5.41) is 3.81. The number of anilines is 1. The summed E-state index contributed by atoms with van der Waals surface area (Å²) < 4.78 is 11.5. The van der Waals surface area contributed by atoms with Crippen LogP contribution in [-0.2, 0) is 14.3 Å². The van der Waals surface area contributed by atoms with Crippen molar-refractivity contribution in [2.24, 2.45) is 0 Å². The number of esters is 1. The van der Waals surface area contributed by atoms with E-state index in [1.165, 1.54) is 0 Å². The van der Waals surface area contributed by atoms with Crippen molar-refractivity contribution in [3.63, 3.8) is 0 Å². The highest BCUT2D eigenvalue weighted by Crippen LogP contribution is 2.27. The molecule has 0 aromatic heterocycles. The smallest absolute Gasteiger partial charge is 0.331 e. The standard InChI is InChI=1S/C14H17BrClNO3/c1-2-19-14(18)13(12-4-3-7-20-12)17-9-5-6-11(16)10(15)8-9/h5-6,8,12-13,17H,2-4,7H2,1H3. The van der Waals surface area contributed by atoms with Crippen molar-refractivity contribution in [3.05, 3.63) is 27.7 Å². The second kappa shape index (κ2) is 7.29. The Balaban J connectivity index is 2.13. The van der Waals surface area contributed by atoms with Crippen molar-refractivity contribution in [1.29, 1.82) is 0 Å². The van der Waals surface area contributed by atoms with Crippen molar-refractivity contribution in [2.75, 3.05) is 18.5 Å². The first kappa shape index (κ1) is 15.6. The molecule has 2 rings (SSSR count). The molecule has 1 saturated heterocycles. The van der Waals surface area contributed by atoms with Gasteiger partial charge < -0.3 is 14.8 Å². The summed E-state index contributed by atoms with van der Waals surface area (Å²) in [5.74, 6) is -0.287. The molecule has 0 bridgehead atoms. The Hall–Kier alpha value is -0.780. The van der Waals surface area contributed by atoms with Crippen LogP contribution in [-0.4, -0.2) is 31.3 Å². The lowest BCUT2D eigenvalue weighted by atomic mass is 10.1. The molecule has 1 aromatic carbocycles. The van der Waals surface area contributed by atoms with E-state index in [-0.39, 0.29) is 12.1 Å². The molecule has 0 radical (unpaired) electrons. The number of ether oxygens (including phenoxy) is 2. The van der Waals surface area contributed by atoms with Crippen molar-refractivity contribution in [3.8, 4) is 0 Å². The highest BCUT2D eigenvalue weighted by atomic mass is 79.9. The Bertz CT molecular complexity index is 477. The molecule has 0 amide bonds. The predicted molar refractivity (Wildman–Crippen MR) is 82.2 cm³/mol. The van der Waals surface area contributed by atoms with Gasteiger partial charge in [0.25, 0.3) is 0 Å². The van der Waals surface area contributed by atoms with Gasteiger partial charge in [-0.1, -0.05) is 11.6 Å². The van der Waals surface area contributed by atoms with Crippen LogP contribution < -0.4 is 5.32 Å². The molecule has 2 atom stereocenters. The van der Waals surface area contributed by atoms with Crippen LogP contribution in [0.25, 0.3) is 0 Å². The molecule has 1 heterocycles. The summed E-state index contributed by atoms with van der Waals surface area (Å²) in [6, 6.07) is 4.94. The Kier molecular flexibility index (Phi) is 5.69. The average molecular weight is 363 g/mol. The largest absolute Gasteiger partial charge is 0.464 e. The number of rotatable bonds is 5. The number of benzene rings is 1. The Morgan fingerprint density at radius 1 is 1.65 bits per heavy atom. The Morgan fingerprint density at radius 3 is 3.05 bits per heavy atom. The highest BCUT2D eigenvalue weighted by Gasteiger charge is 2.32. The Morgan fingerprint density at radius 2 is 2.45 bits per heavy atom. The SMILES string of the molecule is CCOC(=O)C(Nc1ccc(Cl)c(Br)c1)C1CCCO1. The zero-order valence-electron chi connectivity index (χ0n) is 11.2. The van der Waals surface area contributed by atoms with Crippen molar-refractivity contribution in [2.45, 2.75) is 31.9 Å². The number of hydrogen-bond donors (Lipinski definition) is 1. The molecule has 0 spiro atoms. The summed E-state index contributed by atoms with van der Waals surface area (Å²) in [7, 11) is 0. The molecule has 110 valence electrons. The summed E-state index contributed by atoms with van der Waals surface area (Å²) in [6.07, 6.45) is 1.67. The first-order chi connectivity index (χ1) is 9.61. The minimum Gasteiger partial charge on any atom is -0.464 e. The van der Waals surface area contributed by atoms with Gasteiger partial charge in [0.15, 0.2) is 6.04 Å². The van der Waals surface area contributed by atoms with E-state index >= 15 is 0 Å². The molecule has 1 fully saturated rings. The maximum atomic E-state index is 12.1. The van der Waals surface area contributed by atoms with Crippen LogP contribution in [0.4, 0.5) is 5.69 Å². The topological polar surface area (TPSA) is 47.6 Å². The van der Waals surface area contributed by atoms with Gasteiger partial charge >= 0.3 is 5.97 Å². The zero-order chi connectivity index (χ0) is 14.5. The van der Waals surface area contributed by atoms with Crippen LogP contribution in [0, 0.1) is 0 Å². The van der Waals surface area contributed by atoms with E-state index in [1.807, 2.05) is 12.1 Å². The first-order valence-corrected chi connectivity index (χ1v) is 7.78. The molecule has 1 N–H and O–H groups in total. The van der Waals surface area contributed by atoms with Gasteiger partial charge in [0.1, 0.15) is 0 Å². The maximum absolute atomic E-state index is 12.1. The molecule has 6 heteroatoms. The lowest BCUT2D eigenvalue weighted by Gasteiger charge is -2.23. The van der Waals surface area contributed by atoms with E-state index in [0.717, 1.165) is 23.0 Å². The van der Waals surface area contributed by atoms with E-state index in [1.54, 1.807) is 13.0 Å². The quantitative estimate of drug-likeness (QED) is 0.813. The number of carbonyl (C=O) groups is 1. The monoisotopic (exact) mass is 361 g/mol. The van der Waals surface area contributed by atoms with Gasteiger partial charge in [0, 0.05) is 16.8 Å². The minimum absolute atomic E-state index is 0.150. The summed E-state index contributed by atoms with van der Waals surface area (Å²) in [5.41, 5.74) is 0.801. The fourth-order valence-corrected chi connectivity index (χ4v) is 2.66. The summed E-state index contributed by atoms with van der Waals surface area (Å²) >= 11 is 9.33. The molecule has 1 aliphatic heterocycles. The van der Waals surface area contributed by atoms with E-state index in [4.69, 9.17) is 21.1 Å². The Labute approximate surface area is 131 Å². The van der Waals surface area contributed by atoms with Crippen LogP contribution in [0.15, 0.2) is 22.7 Å². The lowest BCUT2D eigenvalue weighted by molar-refractivity contribution is -0.146. The number of hydrogen-bond acceptors (Lipinski definition) is 4. The number of carbonyl (C=O) groups excluding carboxylic acids is 1. The van der Waals surface area contributed by atoms with E-state index < -0.39 is 6.04 Å². The molecular formula is C14H17BrClNO3. The van der Waals surface area contributed by atoms with Gasteiger partial charge in [-0.05, 0) is 53.9 Å². The molecular weight excluding hydrogens is 346 g/mol. The fraction of sp³-hybridized carbons (Fsp3) is 0.500. The van der Waals surface area contributed by atoms with Gasteiger partial charge in [-0.15, -0.1) is 0 Å². The van der Waals surface area contributed by atoms with Crippen LogP contribution in [0.1, 0.15) is 19.8 Å². The van der Waals surface area contributed by atoms with Gasteiger partial charge in [0.05, 0.1) is 17.7 Å². The number of nitrogens with one attached hydrogen (secondary N) is 1. The third-order valence-corrected chi connectivity index (χ3v) is 4.33. The van der Waals surface area contributed by atoms with Gasteiger partial charge in [0.2, 0.25) is 0 Å². The van der Waals surface area contributed by atoms with Gasteiger partial charge in [-0.2, -0.15) is 0 Å². The van der Waals surface area contributed by atoms with Crippen molar-refractivity contribution < 1.29 is 14.3 Å². The van der Waals surface area contributed by atoms with E-state index in [9.17, 15) is 4.79 Å². The second-order valence-corrected chi connectivity index (χ2v) is 5.82. The van der Waals surface area contributed by atoms with Gasteiger partial charge in [-0.3, -0.25) is 0 Å². The van der Waals surface area contributed by atoms with E-state index in [0.29, 0.717) is 18.2 Å².